The van der Waals surface area contributed by atoms with E-state index >= 15 is 0 Å². The lowest BCUT2D eigenvalue weighted by molar-refractivity contribution is 0.302. The van der Waals surface area contributed by atoms with E-state index in [0.29, 0.717) is 46.6 Å². The van der Waals surface area contributed by atoms with Crippen molar-refractivity contribution in [3.8, 4) is 17.2 Å². The van der Waals surface area contributed by atoms with E-state index in [1.54, 1.807) is 42.7 Å². The lowest BCUT2D eigenvalue weighted by Gasteiger charge is -2.09. The monoisotopic (exact) mass is 415 g/mol. The van der Waals surface area contributed by atoms with Gasteiger partial charge < -0.3 is 18.8 Å². The molecule has 7 heteroatoms. The van der Waals surface area contributed by atoms with Crippen LogP contribution < -0.4 is 10.1 Å². The Hall–Kier alpha value is -4.13. The molecule has 6 nitrogen and oxygen atoms in total. The van der Waals surface area contributed by atoms with E-state index in [0.717, 1.165) is 11.1 Å². The summed E-state index contributed by atoms with van der Waals surface area (Å²) in [5.41, 5.74) is 3.15. The highest BCUT2D eigenvalue weighted by molar-refractivity contribution is 5.80. The van der Waals surface area contributed by atoms with Crippen molar-refractivity contribution in [3.05, 3.63) is 96.0 Å². The molecule has 0 amide bonds. The maximum atomic E-state index is 13.0. The minimum atomic E-state index is -0.258. The van der Waals surface area contributed by atoms with Crippen molar-refractivity contribution < 1.29 is 18.8 Å². The van der Waals surface area contributed by atoms with Crippen LogP contribution in [0.15, 0.2) is 88.8 Å². The molecule has 0 saturated heterocycles. The number of rotatable bonds is 5. The van der Waals surface area contributed by atoms with Crippen LogP contribution in [0.5, 0.6) is 5.75 Å². The first-order valence-corrected chi connectivity index (χ1v) is 9.76. The third-order valence-electron chi connectivity index (χ3n) is 5.07. The van der Waals surface area contributed by atoms with E-state index in [1.807, 2.05) is 28.8 Å². The Labute approximate surface area is 176 Å². The first-order chi connectivity index (χ1) is 15.2. The molecule has 0 saturated carbocycles. The van der Waals surface area contributed by atoms with E-state index in [1.165, 1.54) is 12.1 Å². The molecule has 0 radical (unpaired) electrons. The molecule has 31 heavy (non-hydrogen) atoms. The Bertz CT molecular complexity index is 1440. The fourth-order valence-corrected chi connectivity index (χ4v) is 3.46. The Morgan fingerprint density at radius 2 is 1.94 bits per heavy atom. The fraction of sp³-hybridized carbons (Fsp3) is 0.0833. The maximum absolute atomic E-state index is 13.0. The topological polar surface area (TPSA) is 72.3 Å². The Morgan fingerprint density at radius 3 is 2.77 bits per heavy atom. The second-order valence-electron chi connectivity index (χ2n) is 7.09. The van der Waals surface area contributed by atoms with E-state index in [-0.39, 0.29) is 5.82 Å². The minimum Gasteiger partial charge on any atom is -0.493 e. The summed E-state index contributed by atoms with van der Waals surface area (Å²) in [7, 11) is 0. The highest BCUT2D eigenvalue weighted by Crippen LogP contribution is 2.24. The van der Waals surface area contributed by atoms with Gasteiger partial charge in [0.15, 0.2) is 5.76 Å². The lowest BCUT2D eigenvalue weighted by atomic mass is 10.1. The van der Waals surface area contributed by atoms with Gasteiger partial charge in [-0.1, -0.05) is 17.3 Å². The molecule has 3 heterocycles. The van der Waals surface area contributed by atoms with Gasteiger partial charge in [0.25, 0.3) is 0 Å². The van der Waals surface area contributed by atoms with Gasteiger partial charge in [0, 0.05) is 24.2 Å². The molecule has 0 atom stereocenters. The molecule has 2 aromatic carbocycles. The number of nitrogens with zero attached hydrogens (tertiary/aromatic N) is 3. The summed E-state index contributed by atoms with van der Waals surface area (Å²) in [6.45, 7) is 0.430. The van der Waals surface area contributed by atoms with Crippen LogP contribution in [0.1, 0.15) is 5.56 Å². The van der Waals surface area contributed by atoms with E-state index < -0.39 is 0 Å². The molecule has 0 bridgehead atoms. The van der Waals surface area contributed by atoms with Crippen LogP contribution in [0, 0.1) is 5.82 Å². The summed E-state index contributed by atoms with van der Waals surface area (Å²) in [5, 5.41) is 14.0. The number of ether oxygens (including phenoxy) is 1. The summed E-state index contributed by atoms with van der Waals surface area (Å²) in [5.74, 6) is 0.857. The largest absolute Gasteiger partial charge is 0.493 e. The van der Waals surface area contributed by atoms with Crippen LogP contribution >= 0.6 is 0 Å². The molecule has 0 aliphatic heterocycles. The van der Waals surface area contributed by atoms with Crippen LogP contribution in [0.4, 0.5) is 4.39 Å². The summed E-state index contributed by atoms with van der Waals surface area (Å²) in [4.78, 5) is 4.42. The Morgan fingerprint density at radius 1 is 1.06 bits per heavy atom. The summed E-state index contributed by atoms with van der Waals surface area (Å²) in [6.07, 6.45) is 4.26. The van der Waals surface area contributed by atoms with E-state index in [2.05, 4.69) is 10.1 Å². The number of aromatic nitrogens is 2. The van der Waals surface area contributed by atoms with Crippen LogP contribution in [0.3, 0.4) is 0 Å². The average molecular weight is 415 g/mol. The van der Waals surface area contributed by atoms with Crippen molar-refractivity contribution in [1.29, 1.82) is 0 Å². The molecule has 5 aromatic rings. The maximum Gasteiger partial charge on any atom is 0.155 e. The van der Waals surface area contributed by atoms with Crippen LogP contribution in [-0.4, -0.2) is 21.2 Å². The molecule has 0 aliphatic rings. The van der Waals surface area contributed by atoms with Crippen LogP contribution in [-0.2, 0) is 6.42 Å². The SMILES string of the molecule is O/N=c1\cc(-c2cc3cccn3cn2)oc2ccc(OCCc3ccc(F)cc3)cc12. The number of benzene rings is 2. The lowest BCUT2D eigenvalue weighted by Crippen LogP contribution is -2.06. The second-order valence-corrected chi connectivity index (χ2v) is 7.09. The van der Waals surface area contributed by atoms with Crippen molar-refractivity contribution in [2.45, 2.75) is 6.42 Å². The van der Waals surface area contributed by atoms with Crippen LogP contribution in [0.25, 0.3) is 27.9 Å². The first-order valence-electron chi connectivity index (χ1n) is 9.76. The zero-order chi connectivity index (χ0) is 21.2. The van der Waals surface area contributed by atoms with Crippen molar-refractivity contribution >= 4 is 16.5 Å². The van der Waals surface area contributed by atoms with Crippen molar-refractivity contribution in [2.75, 3.05) is 6.61 Å². The molecular formula is C24H18FN3O3. The van der Waals surface area contributed by atoms with Crippen molar-refractivity contribution in [2.24, 2.45) is 5.16 Å². The molecule has 0 unspecified atom stereocenters. The van der Waals surface area contributed by atoms with Gasteiger partial charge >= 0.3 is 0 Å². The molecule has 0 spiro atoms. The fourth-order valence-electron chi connectivity index (χ4n) is 3.46. The summed E-state index contributed by atoms with van der Waals surface area (Å²) >= 11 is 0. The predicted octanol–water partition coefficient (Wildman–Crippen LogP) is 4.80. The molecule has 3 aromatic heterocycles. The highest BCUT2D eigenvalue weighted by Gasteiger charge is 2.10. The quantitative estimate of drug-likeness (QED) is 0.331. The van der Waals surface area contributed by atoms with Gasteiger partial charge in [-0.05, 0) is 54.1 Å². The molecule has 1 N–H and O–H groups in total. The summed E-state index contributed by atoms with van der Waals surface area (Å²) in [6, 6.07) is 19.1. The average Bonchev–Trinajstić information content (AvgIpc) is 3.27. The summed E-state index contributed by atoms with van der Waals surface area (Å²) < 4.78 is 26.8. The van der Waals surface area contributed by atoms with Gasteiger partial charge in [-0.15, -0.1) is 0 Å². The molecule has 154 valence electrons. The Balaban J connectivity index is 1.42. The Kier molecular flexibility index (Phi) is 4.84. The predicted molar refractivity (Wildman–Crippen MR) is 113 cm³/mol. The zero-order valence-electron chi connectivity index (χ0n) is 16.4. The van der Waals surface area contributed by atoms with Gasteiger partial charge in [-0.25, -0.2) is 9.37 Å². The smallest absolute Gasteiger partial charge is 0.155 e. The van der Waals surface area contributed by atoms with Gasteiger partial charge in [0.05, 0.1) is 18.3 Å². The van der Waals surface area contributed by atoms with Gasteiger partial charge in [-0.2, -0.15) is 0 Å². The van der Waals surface area contributed by atoms with Gasteiger partial charge in [0.2, 0.25) is 0 Å². The number of hydrogen-bond acceptors (Lipinski definition) is 5. The number of hydrogen-bond donors (Lipinski definition) is 1. The first kappa shape index (κ1) is 18.9. The number of halogens is 1. The standard InChI is InChI=1S/C24H18FN3O3/c25-17-5-3-16(4-6-17)9-11-30-19-7-8-23-20(13-19)21(27-29)14-24(31-23)22-12-18-2-1-10-28(18)15-26-22/h1-8,10,12-15,29H,9,11H2/b27-21+. The molecule has 5 rings (SSSR count). The third-order valence-corrected chi connectivity index (χ3v) is 5.07. The highest BCUT2D eigenvalue weighted by atomic mass is 19.1. The van der Waals surface area contributed by atoms with Gasteiger partial charge in [-0.3, -0.25) is 0 Å². The van der Waals surface area contributed by atoms with E-state index in [4.69, 9.17) is 9.15 Å². The van der Waals surface area contributed by atoms with Crippen molar-refractivity contribution in [3.63, 3.8) is 0 Å². The third kappa shape index (κ3) is 3.85. The number of fused-ring (bicyclic) bond motifs is 2. The van der Waals surface area contributed by atoms with Crippen LogP contribution in [0.2, 0.25) is 0 Å². The second kappa shape index (κ2) is 7.95. The molecular weight excluding hydrogens is 397 g/mol. The normalized spacial score (nSPS) is 12.0. The zero-order valence-corrected chi connectivity index (χ0v) is 16.4. The van der Waals surface area contributed by atoms with E-state index in [9.17, 15) is 9.60 Å². The molecule has 0 fully saturated rings. The minimum absolute atomic E-state index is 0.258. The molecule has 0 aliphatic carbocycles. The van der Waals surface area contributed by atoms with Gasteiger partial charge in [0.1, 0.15) is 28.2 Å². The van der Waals surface area contributed by atoms with Crippen molar-refractivity contribution in [1.82, 2.24) is 9.38 Å².